The molecule has 1 radical (unpaired) electrons. The van der Waals surface area contributed by atoms with Gasteiger partial charge in [0.15, 0.2) is 0 Å². The minimum absolute atomic E-state index is 0.491. The summed E-state index contributed by atoms with van der Waals surface area (Å²) in [7, 11) is 0. The van der Waals surface area contributed by atoms with Crippen LogP contribution in [0.1, 0.15) is 12.8 Å². The Bertz CT molecular complexity index is 101. The first-order valence-corrected chi connectivity index (χ1v) is 3.58. The van der Waals surface area contributed by atoms with Gasteiger partial charge in [-0.15, -0.1) is 0 Å². The van der Waals surface area contributed by atoms with E-state index in [0.717, 1.165) is 6.61 Å². The third-order valence-electron chi connectivity index (χ3n) is 2.30. The third kappa shape index (κ3) is 0.864. The van der Waals surface area contributed by atoms with Crippen molar-refractivity contribution in [1.29, 1.82) is 0 Å². The van der Waals surface area contributed by atoms with E-state index in [2.05, 4.69) is 5.32 Å². The van der Waals surface area contributed by atoms with Gasteiger partial charge in [-0.2, -0.15) is 0 Å². The molecule has 2 aliphatic heterocycles. The van der Waals surface area contributed by atoms with Crippen LogP contribution in [-0.2, 0) is 4.74 Å². The molecule has 0 saturated carbocycles. The molecule has 1 spiro atoms. The third-order valence-corrected chi connectivity index (χ3v) is 2.30. The zero-order valence-electron chi connectivity index (χ0n) is 5.52. The highest BCUT2D eigenvalue weighted by Crippen LogP contribution is 2.39. The summed E-state index contributed by atoms with van der Waals surface area (Å²) in [6.07, 6.45) is 2.54. The van der Waals surface area contributed by atoms with E-state index in [4.69, 9.17) is 4.74 Å². The molecule has 0 unspecified atom stereocenters. The van der Waals surface area contributed by atoms with Crippen molar-refractivity contribution < 1.29 is 4.74 Å². The van der Waals surface area contributed by atoms with Gasteiger partial charge in [0.05, 0.1) is 13.2 Å². The van der Waals surface area contributed by atoms with Crippen molar-refractivity contribution in [2.75, 3.05) is 19.7 Å². The van der Waals surface area contributed by atoms with E-state index < -0.39 is 0 Å². The molecule has 2 nitrogen and oxygen atoms in total. The minimum Gasteiger partial charge on any atom is -0.374 e. The lowest BCUT2D eigenvalue weighted by Gasteiger charge is -2.43. The van der Waals surface area contributed by atoms with Crippen LogP contribution < -0.4 is 5.32 Å². The molecule has 2 rings (SSSR count). The normalized spacial score (nSPS) is 32.0. The molecule has 0 aromatic carbocycles. The summed E-state index contributed by atoms with van der Waals surface area (Å²) in [5, 5.41) is 3.33. The first-order valence-electron chi connectivity index (χ1n) is 3.58. The molecule has 2 saturated heterocycles. The van der Waals surface area contributed by atoms with Crippen molar-refractivity contribution in [3.05, 3.63) is 6.61 Å². The molecule has 9 heavy (non-hydrogen) atoms. The summed E-state index contributed by atoms with van der Waals surface area (Å²) in [5.41, 5.74) is 0.491. The van der Waals surface area contributed by atoms with Gasteiger partial charge >= 0.3 is 0 Å². The molecular formula is C7H12NO. The molecule has 51 valence electrons. The first kappa shape index (κ1) is 5.69. The lowest BCUT2D eigenvalue weighted by Crippen LogP contribution is -2.46. The summed E-state index contributed by atoms with van der Waals surface area (Å²) in [6.45, 7) is 5.32. The van der Waals surface area contributed by atoms with Crippen LogP contribution in [0.15, 0.2) is 0 Å². The van der Waals surface area contributed by atoms with E-state index in [0.29, 0.717) is 5.41 Å². The van der Waals surface area contributed by atoms with E-state index in [9.17, 15) is 0 Å². The van der Waals surface area contributed by atoms with Crippen LogP contribution in [0.4, 0.5) is 0 Å². The van der Waals surface area contributed by atoms with E-state index in [1.54, 1.807) is 0 Å². The molecule has 0 amide bonds. The monoisotopic (exact) mass is 126 g/mol. The van der Waals surface area contributed by atoms with Gasteiger partial charge in [0.25, 0.3) is 0 Å². The molecule has 0 bridgehead atoms. The van der Waals surface area contributed by atoms with Gasteiger partial charge in [-0.1, -0.05) is 0 Å². The van der Waals surface area contributed by atoms with E-state index in [1.165, 1.54) is 25.9 Å². The molecule has 0 aliphatic carbocycles. The Labute approximate surface area is 55.6 Å². The van der Waals surface area contributed by atoms with Gasteiger partial charge in [-0.3, -0.25) is 0 Å². The van der Waals surface area contributed by atoms with Crippen molar-refractivity contribution in [1.82, 2.24) is 5.32 Å². The number of piperidine rings is 1. The van der Waals surface area contributed by atoms with Crippen molar-refractivity contribution in [3.63, 3.8) is 0 Å². The van der Waals surface area contributed by atoms with Gasteiger partial charge in [0.1, 0.15) is 0 Å². The fraction of sp³-hybridized carbons (Fsp3) is 0.857. The van der Waals surface area contributed by atoms with Crippen LogP contribution in [0.5, 0.6) is 0 Å². The molecule has 2 fully saturated rings. The van der Waals surface area contributed by atoms with Crippen molar-refractivity contribution in [2.45, 2.75) is 12.8 Å². The number of hydrogen-bond acceptors (Lipinski definition) is 2. The zero-order valence-corrected chi connectivity index (χ0v) is 5.52. The standard InChI is InChI=1S/C7H12NO/c1-3-8-4-2-7(1)5-9-6-7/h5,8H,1-4,6H2. The quantitative estimate of drug-likeness (QED) is 0.511. The second-order valence-corrected chi connectivity index (χ2v) is 3.04. The Balaban J connectivity index is 1.93. The van der Waals surface area contributed by atoms with Gasteiger partial charge in [0.2, 0.25) is 0 Å². The molecular weight excluding hydrogens is 114 g/mol. The lowest BCUT2D eigenvalue weighted by molar-refractivity contribution is -0.0664. The molecule has 2 heteroatoms. The summed E-state index contributed by atoms with van der Waals surface area (Å²) in [6, 6.07) is 0. The van der Waals surface area contributed by atoms with Crippen molar-refractivity contribution in [3.8, 4) is 0 Å². The second kappa shape index (κ2) is 1.96. The van der Waals surface area contributed by atoms with Gasteiger partial charge in [0, 0.05) is 5.41 Å². The minimum atomic E-state index is 0.491. The molecule has 2 aliphatic rings. The molecule has 0 aromatic heterocycles. The Hall–Kier alpha value is -0.0800. The van der Waals surface area contributed by atoms with Crippen LogP contribution >= 0.6 is 0 Å². The van der Waals surface area contributed by atoms with Gasteiger partial charge in [-0.05, 0) is 25.9 Å². The zero-order chi connectivity index (χ0) is 6.16. The summed E-state index contributed by atoms with van der Waals surface area (Å²) < 4.78 is 5.06. The predicted molar refractivity (Wildman–Crippen MR) is 34.8 cm³/mol. The maximum atomic E-state index is 5.06. The van der Waals surface area contributed by atoms with E-state index in [1.807, 2.05) is 6.61 Å². The SMILES string of the molecule is [CH]1OCC12CCNCC2. The molecule has 2 heterocycles. The second-order valence-electron chi connectivity index (χ2n) is 3.04. The fourth-order valence-corrected chi connectivity index (χ4v) is 1.51. The van der Waals surface area contributed by atoms with Gasteiger partial charge in [-0.25, -0.2) is 0 Å². The lowest BCUT2D eigenvalue weighted by atomic mass is 9.77. The Kier molecular flexibility index (Phi) is 1.24. The van der Waals surface area contributed by atoms with Crippen molar-refractivity contribution >= 4 is 0 Å². The Morgan fingerprint density at radius 1 is 1.33 bits per heavy atom. The predicted octanol–water partition coefficient (Wildman–Crippen LogP) is 0.548. The van der Waals surface area contributed by atoms with E-state index >= 15 is 0 Å². The smallest absolute Gasteiger partial charge is 0.0922 e. The Morgan fingerprint density at radius 2 is 2.00 bits per heavy atom. The highest BCUT2D eigenvalue weighted by atomic mass is 16.5. The average Bonchev–Trinajstić information content (AvgIpc) is 1.87. The molecule has 1 N–H and O–H groups in total. The van der Waals surface area contributed by atoms with Crippen LogP contribution in [-0.4, -0.2) is 19.7 Å². The maximum Gasteiger partial charge on any atom is 0.0922 e. The van der Waals surface area contributed by atoms with Crippen LogP contribution in [0.25, 0.3) is 0 Å². The number of hydrogen-bond donors (Lipinski definition) is 1. The molecule has 0 aromatic rings. The topological polar surface area (TPSA) is 21.3 Å². The number of nitrogens with one attached hydrogen (secondary N) is 1. The average molecular weight is 126 g/mol. The van der Waals surface area contributed by atoms with Crippen molar-refractivity contribution in [2.24, 2.45) is 5.41 Å². The largest absolute Gasteiger partial charge is 0.374 e. The summed E-state index contributed by atoms with van der Waals surface area (Å²) in [4.78, 5) is 0. The maximum absolute atomic E-state index is 5.06. The summed E-state index contributed by atoms with van der Waals surface area (Å²) >= 11 is 0. The van der Waals surface area contributed by atoms with Gasteiger partial charge < -0.3 is 10.1 Å². The number of ether oxygens (including phenoxy) is 1. The van der Waals surface area contributed by atoms with Crippen LogP contribution in [0.2, 0.25) is 0 Å². The highest BCUT2D eigenvalue weighted by Gasteiger charge is 2.39. The van der Waals surface area contributed by atoms with E-state index in [-0.39, 0.29) is 0 Å². The number of rotatable bonds is 0. The van der Waals surface area contributed by atoms with Crippen LogP contribution in [0, 0.1) is 12.0 Å². The Morgan fingerprint density at radius 3 is 2.33 bits per heavy atom. The summed E-state index contributed by atoms with van der Waals surface area (Å²) in [5.74, 6) is 0. The first-order chi connectivity index (χ1) is 4.41. The molecule has 0 atom stereocenters. The van der Waals surface area contributed by atoms with Crippen LogP contribution in [0.3, 0.4) is 0 Å². The highest BCUT2D eigenvalue weighted by molar-refractivity contribution is 4.97. The fourth-order valence-electron chi connectivity index (χ4n) is 1.51.